The van der Waals surface area contributed by atoms with Gasteiger partial charge in [0, 0.05) is 10.8 Å². The molecule has 0 aliphatic heterocycles. The number of ether oxygens (including phenoxy) is 1. The third-order valence-electron chi connectivity index (χ3n) is 9.14. The molecule has 13 heteroatoms. The fraction of sp³-hybridized carbons (Fsp3) is 0.400. The summed E-state index contributed by atoms with van der Waals surface area (Å²) < 4.78 is 85.5. The highest BCUT2D eigenvalue weighted by Crippen LogP contribution is 3.02. The van der Waals surface area contributed by atoms with Gasteiger partial charge in [-0.1, -0.05) is 37.6 Å². The van der Waals surface area contributed by atoms with E-state index in [0.717, 1.165) is 24.6 Å². The summed E-state index contributed by atoms with van der Waals surface area (Å²) in [6, 6.07) is 7.28. The van der Waals surface area contributed by atoms with Gasteiger partial charge < -0.3 is 20.3 Å². The maximum absolute atomic E-state index is 14.0. The van der Waals surface area contributed by atoms with E-state index in [1.165, 1.54) is 24.3 Å². The molecule has 0 spiro atoms. The molecule has 4 fully saturated rings. The molecular formula is C30H29F6NO5S. The number of rotatable bonds is 8. The van der Waals surface area contributed by atoms with Crippen LogP contribution in [0, 0.1) is 23.1 Å². The molecule has 0 saturated heterocycles. The number of aliphatic carboxylic acids is 1. The Morgan fingerprint density at radius 3 is 2.19 bits per heavy atom. The summed E-state index contributed by atoms with van der Waals surface area (Å²) in [5.74, 6) is -2.39. The lowest BCUT2D eigenvalue weighted by molar-refractivity contribution is -0.181. The molecule has 4 bridgehead atoms. The topological polar surface area (TPSA) is 95.9 Å². The normalized spacial score (nSPS) is 28.6. The first kappa shape index (κ1) is 29.6. The Morgan fingerprint density at radius 1 is 0.953 bits per heavy atom. The maximum atomic E-state index is 14.0. The second-order valence-corrected chi connectivity index (χ2v) is 14.9. The van der Waals surface area contributed by atoms with Crippen LogP contribution in [0.3, 0.4) is 0 Å². The number of benzene rings is 3. The second kappa shape index (κ2) is 9.04. The lowest BCUT2D eigenvalue weighted by Crippen LogP contribution is -2.64. The number of amides is 1. The number of halogens is 6. The van der Waals surface area contributed by atoms with E-state index in [1.807, 2.05) is 0 Å². The number of carbonyl (C=O) groups excluding carboxylic acids is 1. The quantitative estimate of drug-likeness (QED) is 0.222. The van der Waals surface area contributed by atoms with Crippen LogP contribution in [-0.4, -0.2) is 33.7 Å². The maximum Gasteiger partial charge on any atom is 0.326 e. The molecule has 6 nitrogen and oxygen atoms in total. The number of hydrogen-bond donors (Lipinski definition) is 3. The minimum absolute atomic E-state index is 0.0833. The highest BCUT2D eigenvalue weighted by atomic mass is 32.5. The van der Waals surface area contributed by atoms with Crippen LogP contribution in [0.1, 0.15) is 54.4 Å². The van der Waals surface area contributed by atoms with Gasteiger partial charge in [-0.15, -0.1) is 0 Å². The summed E-state index contributed by atoms with van der Waals surface area (Å²) in [6.45, 7) is -0.430. The largest absolute Gasteiger partial charge is 0.487 e. The first-order valence-electron chi connectivity index (χ1n) is 13.8. The third kappa shape index (κ3) is 5.64. The zero-order valence-corrected chi connectivity index (χ0v) is 23.5. The van der Waals surface area contributed by atoms with Crippen molar-refractivity contribution in [1.82, 2.24) is 5.32 Å². The smallest absolute Gasteiger partial charge is 0.326 e. The summed E-state index contributed by atoms with van der Waals surface area (Å²) in [7, 11) is -9.87. The van der Waals surface area contributed by atoms with Crippen LogP contribution in [0.4, 0.5) is 23.8 Å². The van der Waals surface area contributed by atoms with Crippen LogP contribution >= 0.6 is 10.2 Å². The monoisotopic (exact) mass is 629 g/mol. The fourth-order valence-electron chi connectivity index (χ4n) is 7.91. The molecule has 7 rings (SSSR count). The molecule has 3 unspecified atom stereocenters. The van der Waals surface area contributed by atoms with Crippen LogP contribution in [-0.2, 0) is 11.4 Å². The van der Waals surface area contributed by atoms with Crippen LogP contribution in [0.2, 0.25) is 0 Å². The van der Waals surface area contributed by atoms with Crippen LogP contribution < -0.4 is 10.1 Å². The third-order valence-corrected chi connectivity index (χ3v) is 10.3. The van der Waals surface area contributed by atoms with Gasteiger partial charge in [0.25, 0.3) is 5.91 Å². The van der Waals surface area contributed by atoms with E-state index in [2.05, 4.69) is 5.32 Å². The van der Waals surface area contributed by atoms with Crippen molar-refractivity contribution < 1.29 is 48.4 Å². The van der Waals surface area contributed by atoms with E-state index in [1.54, 1.807) is 0 Å². The zero-order chi connectivity index (χ0) is 31.1. The molecule has 3 N–H and O–H groups in total. The van der Waals surface area contributed by atoms with Gasteiger partial charge >= 0.3 is 16.2 Å². The minimum Gasteiger partial charge on any atom is -0.487 e. The van der Waals surface area contributed by atoms with Gasteiger partial charge in [-0.3, -0.25) is 4.79 Å². The molecule has 4 aliphatic rings. The second-order valence-electron chi connectivity index (χ2n) is 12.5. The SMILES string of the molecule is O=C(NC(C(=O)O)C12CC3CC(CC(O)(C3)C1)C2)c1ccc2cc(F)ccc2c1OCc1ccc(S(F)(F)(F)(F)F)cc1. The lowest BCUT2D eigenvalue weighted by atomic mass is 9.46. The minimum atomic E-state index is -9.87. The van der Waals surface area contributed by atoms with Crippen molar-refractivity contribution in [1.29, 1.82) is 0 Å². The summed E-state index contributed by atoms with van der Waals surface area (Å²) in [6.07, 6.45) is 3.48. The average molecular weight is 630 g/mol. The zero-order valence-electron chi connectivity index (χ0n) is 22.7. The number of aliphatic hydroxyl groups is 1. The Labute approximate surface area is 242 Å². The number of carboxylic acid groups (broad SMARTS) is 1. The van der Waals surface area contributed by atoms with Gasteiger partial charge in [-0.2, -0.15) is 0 Å². The molecule has 0 heterocycles. The van der Waals surface area contributed by atoms with E-state index in [4.69, 9.17) is 4.74 Å². The highest BCUT2D eigenvalue weighted by molar-refractivity contribution is 8.45. The van der Waals surface area contributed by atoms with Crippen molar-refractivity contribution in [2.45, 2.75) is 61.7 Å². The summed E-state index contributed by atoms with van der Waals surface area (Å²) >= 11 is 0. The van der Waals surface area contributed by atoms with Crippen molar-refractivity contribution >= 4 is 32.9 Å². The number of carboxylic acids is 1. The molecule has 43 heavy (non-hydrogen) atoms. The molecule has 4 aliphatic carbocycles. The Balaban J connectivity index is 1.31. The van der Waals surface area contributed by atoms with E-state index in [-0.39, 0.29) is 52.7 Å². The van der Waals surface area contributed by atoms with Crippen molar-refractivity contribution in [2.24, 2.45) is 17.3 Å². The van der Waals surface area contributed by atoms with Crippen LogP contribution in [0.25, 0.3) is 10.8 Å². The van der Waals surface area contributed by atoms with Crippen LogP contribution in [0.5, 0.6) is 5.75 Å². The van der Waals surface area contributed by atoms with Gasteiger partial charge in [-0.25, -0.2) is 9.18 Å². The molecular weight excluding hydrogens is 600 g/mol. The fourth-order valence-corrected chi connectivity index (χ4v) is 8.56. The molecule has 232 valence electrons. The molecule has 3 aromatic carbocycles. The molecule has 0 radical (unpaired) electrons. The van der Waals surface area contributed by atoms with Crippen molar-refractivity contribution in [3.05, 3.63) is 71.5 Å². The van der Waals surface area contributed by atoms with E-state index < -0.39 is 56.5 Å². The molecule has 0 aromatic heterocycles. The van der Waals surface area contributed by atoms with Crippen LogP contribution in [0.15, 0.2) is 59.5 Å². The van der Waals surface area contributed by atoms with Gasteiger partial charge in [0.1, 0.15) is 29.1 Å². The van der Waals surface area contributed by atoms with Crippen molar-refractivity contribution in [2.75, 3.05) is 0 Å². The van der Waals surface area contributed by atoms with E-state index in [9.17, 15) is 43.6 Å². The Hall–Kier alpha value is -3.45. The van der Waals surface area contributed by atoms with Gasteiger partial charge in [0.05, 0.1) is 11.2 Å². The van der Waals surface area contributed by atoms with Crippen molar-refractivity contribution in [3.8, 4) is 5.75 Å². The summed E-state index contributed by atoms with van der Waals surface area (Å²) in [5, 5.41) is 24.6. The molecule has 3 aromatic rings. The van der Waals surface area contributed by atoms with E-state index >= 15 is 0 Å². The Kier molecular flexibility index (Phi) is 6.22. The van der Waals surface area contributed by atoms with Crippen molar-refractivity contribution in [3.63, 3.8) is 0 Å². The Bertz CT molecular complexity index is 1630. The number of nitrogens with one attached hydrogen (secondary N) is 1. The number of carbonyl (C=O) groups is 2. The molecule has 3 atom stereocenters. The first-order valence-corrected chi connectivity index (χ1v) is 15.7. The summed E-state index contributed by atoms with van der Waals surface area (Å²) in [5.41, 5.74) is -1.83. The number of hydrogen-bond acceptors (Lipinski definition) is 4. The van der Waals surface area contributed by atoms with Gasteiger partial charge in [0.2, 0.25) is 0 Å². The predicted octanol–water partition coefficient (Wildman–Crippen LogP) is 7.73. The lowest BCUT2D eigenvalue weighted by Gasteiger charge is -2.61. The average Bonchev–Trinajstić information content (AvgIpc) is 2.87. The van der Waals surface area contributed by atoms with E-state index in [0.29, 0.717) is 31.1 Å². The standard InChI is InChI=1S/C30H29F6NO5S/c31-21-4-8-23-20(10-21)3-7-24(25(23)42-15-17-1-5-22(6-2-17)43(32,33,34,35)36)27(38)37-26(28(39)40)29-11-18-9-19(12-29)14-30(41,13-18)16-29/h1-8,10,18-19,26,41H,9,11-16H2,(H,37,38)(H,39,40). The highest BCUT2D eigenvalue weighted by Gasteiger charge is 2.65. The Morgan fingerprint density at radius 2 is 1.60 bits per heavy atom. The van der Waals surface area contributed by atoms with Gasteiger partial charge in [-0.05, 0) is 97.7 Å². The summed E-state index contributed by atoms with van der Waals surface area (Å²) in [4.78, 5) is 24.2. The number of fused-ring (bicyclic) bond motifs is 1. The first-order chi connectivity index (χ1) is 19.8. The van der Waals surface area contributed by atoms with Gasteiger partial charge in [0.15, 0.2) is 0 Å². The molecule has 4 saturated carbocycles. The predicted molar refractivity (Wildman–Crippen MR) is 147 cm³/mol. The molecule has 1 amide bonds.